The number of pyridine rings is 1. The number of aromatic nitrogens is 4. The molecule has 0 aromatic carbocycles. The molecular weight excluding hydrogens is 366 g/mol. The van der Waals surface area contributed by atoms with Crippen molar-refractivity contribution in [1.29, 1.82) is 0 Å². The van der Waals surface area contributed by atoms with E-state index in [4.69, 9.17) is 11.5 Å². The molecule has 3 aromatic rings. The van der Waals surface area contributed by atoms with Gasteiger partial charge in [0, 0.05) is 31.5 Å². The van der Waals surface area contributed by atoms with Crippen molar-refractivity contribution in [2.45, 2.75) is 20.3 Å². The Bertz CT molecular complexity index is 1150. The van der Waals surface area contributed by atoms with Gasteiger partial charge in [0.25, 0.3) is 5.56 Å². The number of hydrogen-bond donors (Lipinski definition) is 2. The van der Waals surface area contributed by atoms with Gasteiger partial charge in [-0.25, -0.2) is 4.98 Å². The van der Waals surface area contributed by atoms with Gasteiger partial charge in [-0.15, -0.1) is 0 Å². The molecule has 1 atom stereocenters. The molecule has 1 aliphatic heterocycles. The third kappa shape index (κ3) is 3.84. The molecule has 4 heterocycles. The van der Waals surface area contributed by atoms with Crippen LogP contribution >= 0.6 is 0 Å². The fourth-order valence-electron chi connectivity index (χ4n) is 3.66. The van der Waals surface area contributed by atoms with E-state index in [9.17, 15) is 4.79 Å². The Kier molecular flexibility index (Phi) is 5.02. The molecule has 0 bridgehead atoms. The van der Waals surface area contributed by atoms with Crippen LogP contribution in [0.15, 0.2) is 35.4 Å². The summed E-state index contributed by atoms with van der Waals surface area (Å²) in [7, 11) is 0. The molecule has 150 valence electrons. The monoisotopic (exact) mass is 391 g/mol. The third-order valence-corrected chi connectivity index (χ3v) is 5.32. The van der Waals surface area contributed by atoms with Crippen molar-refractivity contribution in [1.82, 2.24) is 19.4 Å². The van der Waals surface area contributed by atoms with Gasteiger partial charge in [0.15, 0.2) is 0 Å². The van der Waals surface area contributed by atoms with E-state index in [1.54, 1.807) is 16.7 Å². The van der Waals surface area contributed by atoms with Gasteiger partial charge in [0.2, 0.25) is 0 Å². The highest BCUT2D eigenvalue weighted by Crippen LogP contribution is 2.23. The van der Waals surface area contributed by atoms with Crippen LogP contribution < -0.4 is 21.9 Å². The second-order valence-corrected chi connectivity index (χ2v) is 7.51. The Morgan fingerprint density at radius 2 is 2.14 bits per heavy atom. The summed E-state index contributed by atoms with van der Waals surface area (Å²) in [5, 5.41) is 0. The molecule has 8 nitrogen and oxygen atoms in total. The Morgan fingerprint density at radius 3 is 2.86 bits per heavy atom. The maximum atomic E-state index is 12.7. The van der Waals surface area contributed by atoms with Crippen LogP contribution in [0.2, 0.25) is 0 Å². The summed E-state index contributed by atoms with van der Waals surface area (Å²) < 4.78 is 1.55. The van der Waals surface area contributed by atoms with Crippen LogP contribution in [0, 0.1) is 19.8 Å². The summed E-state index contributed by atoms with van der Waals surface area (Å²) >= 11 is 0. The zero-order valence-corrected chi connectivity index (χ0v) is 16.7. The maximum absolute atomic E-state index is 12.7. The minimum atomic E-state index is -0.176. The van der Waals surface area contributed by atoms with Gasteiger partial charge in [0.1, 0.15) is 5.65 Å². The van der Waals surface area contributed by atoms with Gasteiger partial charge in [-0.1, -0.05) is 0 Å². The first-order chi connectivity index (χ1) is 13.9. The van der Waals surface area contributed by atoms with Gasteiger partial charge < -0.3 is 16.4 Å². The van der Waals surface area contributed by atoms with Crippen molar-refractivity contribution >= 4 is 23.1 Å². The SMILES string of the molecule is Cc1cnc(C=C(N)c2cc(=O)n3cc(N4CC[C@@H](CN)C4)ccc3n2)c(C)n1. The van der Waals surface area contributed by atoms with E-state index in [2.05, 4.69) is 19.9 Å². The van der Waals surface area contributed by atoms with Crippen LogP contribution in [0.5, 0.6) is 0 Å². The first-order valence-electron chi connectivity index (χ1n) is 9.71. The van der Waals surface area contributed by atoms with E-state index >= 15 is 0 Å². The minimum absolute atomic E-state index is 0.176. The fraction of sp³-hybridized carbons (Fsp3) is 0.333. The van der Waals surface area contributed by atoms with Crippen LogP contribution in [0.4, 0.5) is 5.69 Å². The van der Waals surface area contributed by atoms with Crippen LogP contribution in [0.3, 0.4) is 0 Å². The molecule has 1 fully saturated rings. The van der Waals surface area contributed by atoms with Crippen LogP contribution in [0.25, 0.3) is 17.4 Å². The van der Waals surface area contributed by atoms with Gasteiger partial charge in [0.05, 0.1) is 34.2 Å². The number of hydrogen-bond acceptors (Lipinski definition) is 7. The zero-order chi connectivity index (χ0) is 20.5. The van der Waals surface area contributed by atoms with Crippen molar-refractivity contribution in [2.75, 3.05) is 24.5 Å². The highest BCUT2D eigenvalue weighted by atomic mass is 16.1. The largest absolute Gasteiger partial charge is 0.397 e. The smallest absolute Gasteiger partial charge is 0.258 e. The predicted octanol–water partition coefficient (Wildman–Crippen LogP) is 1.34. The molecule has 0 amide bonds. The number of anilines is 1. The van der Waals surface area contributed by atoms with Gasteiger partial charge in [-0.05, 0) is 50.9 Å². The highest BCUT2D eigenvalue weighted by Gasteiger charge is 2.21. The Morgan fingerprint density at radius 1 is 1.31 bits per heavy atom. The average Bonchev–Trinajstić information content (AvgIpc) is 3.19. The summed E-state index contributed by atoms with van der Waals surface area (Å²) in [6, 6.07) is 5.28. The van der Waals surface area contributed by atoms with E-state index < -0.39 is 0 Å². The Labute approximate surface area is 168 Å². The quantitative estimate of drug-likeness (QED) is 0.689. The molecule has 4 N–H and O–H groups in total. The minimum Gasteiger partial charge on any atom is -0.397 e. The lowest BCUT2D eigenvalue weighted by molar-refractivity contribution is 0.602. The number of nitrogens with two attached hydrogens (primary N) is 2. The summed E-state index contributed by atoms with van der Waals surface area (Å²) in [4.78, 5) is 28.3. The molecule has 0 unspecified atom stereocenters. The highest BCUT2D eigenvalue weighted by molar-refractivity contribution is 5.77. The van der Waals surface area contributed by atoms with Crippen molar-refractivity contribution in [3.05, 3.63) is 63.7 Å². The fourth-order valence-corrected chi connectivity index (χ4v) is 3.66. The molecule has 1 aliphatic rings. The van der Waals surface area contributed by atoms with Crippen LogP contribution in [-0.2, 0) is 0 Å². The van der Waals surface area contributed by atoms with Crippen LogP contribution in [-0.4, -0.2) is 39.0 Å². The lowest BCUT2D eigenvalue weighted by Crippen LogP contribution is -2.24. The molecule has 3 aromatic heterocycles. The number of rotatable bonds is 4. The molecule has 8 heteroatoms. The summed E-state index contributed by atoms with van der Waals surface area (Å²) in [6.45, 7) is 6.30. The molecule has 0 radical (unpaired) electrons. The van der Waals surface area contributed by atoms with Crippen molar-refractivity contribution in [2.24, 2.45) is 17.4 Å². The molecule has 0 saturated carbocycles. The topological polar surface area (TPSA) is 115 Å². The van der Waals surface area contributed by atoms with Crippen molar-refractivity contribution in [3.63, 3.8) is 0 Å². The lowest BCUT2D eigenvalue weighted by Gasteiger charge is -2.19. The second-order valence-electron chi connectivity index (χ2n) is 7.51. The van der Waals surface area contributed by atoms with Gasteiger partial charge in [-0.3, -0.25) is 19.2 Å². The van der Waals surface area contributed by atoms with E-state index in [-0.39, 0.29) is 5.56 Å². The summed E-state index contributed by atoms with van der Waals surface area (Å²) in [6.07, 6.45) is 6.29. The molecular formula is C21H25N7O. The zero-order valence-electron chi connectivity index (χ0n) is 16.7. The normalized spacial score (nSPS) is 17.3. The van der Waals surface area contributed by atoms with E-state index in [0.29, 0.717) is 35.2 Å². The number of fused-ring (bicyclic) bond motifs is 1. The third-order valence-electron chi connectivity index (χ3n) is 5.32. The summed E-state index contributed by atoms with van der Waals surface area (Å²) in [5.74, 6) is 0.501. The van der Waals surface area contributed by atoms with Crippen molar-refractivity contribution < 1.29 is 0 Å². The predicted molar refractivity (Wildman–Crippen MR) is 114 cm³/mol. The Balaban J connectivity index is 1.68. The molecule has 1 saturated heterocycles. The summed E-state index contributed by atoms with van der Waals surface area (Å²) in [5.41, 5.74) is 16.5. The first kappa shape index (κ1) is 19.1. The molecule has 0 aliphatic carbocycles. The maximum Gasteiger partial charge on any atom is 0.258 e. The number of aryl methyl sites for hydroxylation is 2. The average molecular weight is 391 g/mol. The second kappa shape index (κ2) is 7.63. The number of nitrogens with zero attached hydrogens (tertiary/aromatic N) is 5. The molecule has 0 spiro atoms. The lowest BCUT2D eigenvalue weighted by atomic mass is 10.1. The Hall–Kier alpha value is -3.26. The molecule has 4 rings (SSSR count). The first-order valence-corrected chi connectivity index (χ1v) is 9.71. The van der Waals surface area contributed by atoms with Gasteiger partial charge >= 0.3 is 0 Å². The standard InChI is InChI=1S/C21H25N7O/c1-13-10-24-18(14(2)25-13)7-17(23)19-8-21(29)28-12-16(3-4-20(28)26-19)27-6-5-15(9-22)11-27/h3-4,7-8,10,12,15H,5-6,9,11,22-23H2,1-2H3/t15-/m0/s1. The van der Waals surface area contributed by atoms with Gasteiger partial charge in [-0.2, -0.15) is 0 Å². The van der Waals surface area contributed by atoms with E-state index in [1.807, 2.05) is 32.2 Å². The molecule has 29 heavy (non-hydrogen) atoms. The van der Waals surface area contributed by atoms with E-state index in [1.165, 1.54) is 6.07 Å². The van der Waals surface area contributed by atoms with Crippen LogP contribution in [0.1, 0.15) is 29.2 Å². The van der Waals surface area contributed by atoms with Crippen molar-refractivity contribution in [3.8, 4) is 0 Å². The van der Waals surface area contributed by atoms with E-state index in [0.717, 1.165) is 36.6 Å².